The van der Waals surface area contributed by atoms with Gasteiger partial charge in [0.15, 0.2) is 0 Å². The summed E-state index contributed by atoms with van der Waals surface area (Å²) in [5, 5.41) is 6.75. The Bertz CT molecular complexity index is 1390. The lowest BCUT2D eigenvalue weighted by molar-refractivity contribution is -0.115. The van der Waals surface area contributed by atoms with Gasteiger partial charge in [-0.25, -0.2) is 0 Å². The number of carbonyl (C=O) groups excluding carboxylic acids is 2. The molecule has 36 heavy (non-hydrogen) atoms. The molecule has 1 heterocycles. The zero-order chi connectivity index (χ0) is 25.7. The molecule has 0 aliphatic heterocycles. The van der Waals surface area contributed by atoms with Crippen LogP contribution in [0.2, 0.25) is 0 Å². The van der Waals surface area contributed by atoms with E-state index >= 15 is 0 Å². The van der Waals surface area contributed by atoms with Crippen molar-refractivity contribution in [2.24, 2.45) is 0 Å². The second-order valence-electron chi connectivity index (χ2n) is 8.40. The predicted molar refractivity (Wildman–Crippen MR) is 141 cm³/mol. The van der Waals surface area contributed by atoms with Crippen molar-refractivity contribution >= 4 is 34.2 Å². The summed E-state index contributed by atoms with van der Waals surface area (Å²) in [6.45, 7) is 8.51. The third-order valence-corrected chi connectivity index (χ3v) is 5.93. The molecule has 2 N–H and O–H groups in total. The Labute approximate surface area is 210 Å². The molecule has 0 saturated heterocycles. The van der Waals surface area contributed by atoms with E-state index in [1.165, 1.54) is 0 Å². The molecule has 0 unspecified atom stereocenters. The molecule has 0 bridgehead atoms. The van der Waals surface area contributed by atoms with Crippen molar-refractivity contribution in [2.75, 3.05) is 23.8 Å². The van der Waals surface area contributed by atoms with Gasteiger partial charge in [0.2, 0.25) is 5.91 Å². The van der Waals surface area contributed by atoms with Crippen LogP contribution < -0.4 is 20.1 Å². The SMILES string of the molecule is CCOc1cc(NC(=O)c2ccccc2)c(OCC)cc1NC(=O)Cc1coc2c(C)c(C)ccc12. The van der Waals surface area contributed by atoms with E-state index < -0.39 is 0 Å². The van der Waals surface area contributed by atoms with Gasteiger partial charge in [-0.3, -0.25) is 9.59 Å². The van der Waals surface area contributed by atoms with Gasteiger partial charge >= 0.3 is 0 Å². The Balaban J connectivity index is 1.59. The summed E-state index contributed by atoms with van der Waals surface area (Å²) < 4.78 is 17.3. The molecule has 2 amide bonds. The lowest BCUT2D eigenvalue weighted by Gasteiger charge is -2.18. The van der Waals surface area contributed by atoms with Crippen LogP contribution in [0.3, 0.4) is 0 Å². The summed E-state index contributed by atoms with van der Waals surface area (Å²) in [6, 6.07) is 16.3. The molecule has 0 aliphatic carbocycles. The molecule has 0 fully saturated rings. The first kappa shape index (κ1) is 24.9. The minimum absolute atomic E-state index is 0.136. The van der Waals surface area contributed by atoms with Gasteiger partial charge in [0.1, 0.15) is 17.1 Å². The van der Waals surface area contributed by atoms with Crippen molar-refractivity contribution in [3.05, 3.63) is 83.1 Å². The van der Waals surface area contributed by atoms with Crippen LogP contribution in [0, 0.1) is 13.8 Å². The highest BCUT2D eigenvalue weighted by Crippen LogP contribution is 2.37. The third kappa shape index (κ3) is 5.35. The molecule has 0 saturated carbocycles. The van der Waals surface area contributed by atoms with Crippen LogP contribution in [-0.2, 0) is 11.2 Å². The standard InChI is InChI=1S/C29H30N2O5/c1-5-34-25-16-24(31-29(33)20-10-8-7-9-11-20)26(35-6-2)15-23(25)30-27(32)14-21-17-36-28-19(4)18(3)12-13-22(21)28/h7-13,15-17H,5-6,14H2,1-4H3,(H,30,32)(H,31,33). The molecule has 7 heteroatoms. The van der Waals surface area contributed by atoms with Crippen molar-refractivity contribution in [1.29, 1.82) is 0 Å². The largest absolute Gasteiger partial charge is 0.492 e. The molecule has 0 aliphatic rings. The van der Waals surface area contributed by atoms with Gasteiger partial charge in [0, 0.05) is 28.6 Å². The number of ether oxygens (including phenoxy) is 2. The molecular weight excluding hydrogens is 456 g/mol. The van der Waals surface area contributed by atoms with E-state index in [2.05, 4.69) is 10.6 Å². The van der Waals surface area contributed by atoms with Gasteiger partial charge in [-0.05, 0) is 51.0 Å². The molecule has 186 valence electrons. The summed E-state index contributed by atoms with van der Waals surface area (Å²) in [5.41, 5.74) is 5.24. The Kier molecular flexibility index (Phi) is 7.59. The number of carbonyl (C=O) groups is 2. The molecule has 1 aromatic heterocycles. The zero-order valence-corrected chi connectivity index (χ0v) is 20.9. The minimum Gasteiger partial charge on any atom is -0.492 e. The highest BCUT2D eigenvalue weighted by molar-refractivity contribution is 6.05. The van der Waals surface area contributed by atoms with Gasteiger partial charge in [0.05, 0.1) is 37.3 Å². The van der Waals surface area contributed by atoms with E-state index in [1.807, 2.05) is 45.9 Å². The van der Waals surface area contributed by atoms with Crippen LogP contribution in [0.25, 0.3) is 11.0 Å². The summed E-state index contributed by atoms with van der Waals surface area (Å²) in [6.07, 6.45) is 1.77. The van der Waals surface area contributed by atoms with E-state index in [0.717, 1.165) is 27.7 Å². The van der Waals surface area contributed by atoms with Crippen LogP contribution in [0.1, 0.15) is 40.9 Å². The number of furan rings is 1. The maximum absolute atomic E-state index is 13.0. The lowest BCUT2D eigenvalue weighted by atomic mass is 10.0. The maximum atomic E-state index is 13.0. The fraction of sp³-hybridized carbons (Fsp3) is 0.241. The van der Waals surface area contributed by atoms with Crippen molar-refractivity contribution in [1.82, 2.24) is 0 Å². The van der Waals surface area contributed by atoms with Crippen molar-refractivity contribution in [3.8, 4) is 11.5 Å². The fourth-order valence-electron chi connectivity index (χ4n) is 3.98. The van der Waals surface area contributed by atoms with Crippen LogP contribution >= 0.6 is 0 Å². The molecular formula is C29H30N2O5. The van der Waals surface area contributed by atoms with Gasteiger partial charge in [-0.15, -0.1) is 0 Å². The van der Waals surface area contributed by atoms with Gasteiger partial charge < -0.3 is 24.5 Å². The molecule has 3 aromatic carbocycles. The van der Waals surface area contributed by atoms with Gasteiger partial charge in [-0.1, -0.05) is 30.3 Å². The van der Waals surface area contributed by atoms with E-state index in [4.69, 9.17) is 13.9 Å². The monoisotopic (exact) mass is 486 g/mol. The lowest BCUT2D eigenvalue weighted by Crippen LogP contribution is -2.17. The number of hydrogen-bond donors (Lipinski definition) is 2. The fourth-order valence-corrected chi connectivity index (χ4v) is 3.98. The topological polar surface area (TPSA) is 89.8 Å². The highest BCUT2D eigenvalue weighted by Gasteiger charge is 2.18. The average molecular weight is 487 g/mol. The second kappa shape index (κ2) is 11.0. The first-order chi connectivity index (χ1) is 17.4. The highest BCUT2D eigenvalue weighted by atomic mass is 16.5. The summed E-state index contributed by atoms with van der Waals surface area (Å²) in [7, 11) is 0. The molecule has 0 radical (unpaired) electrons. The van der Waals surface area contributed by atoms with Gasteiger partial charge in [-0.2, -0.15) is 0 Å². The van der Waals surface area contributed by atoms with Gasteiger partial charge in [0.25, 0.3) is 5.91 Å². The van der Waals surface area contributed by atoms with Crippen LogP contribution in [-0.4, -0.2) is 25.0 Å². The quantitative estimate of drug-likeness (QED) is 0.291. The Morgan fingerprint density at radius 1 is 0.861 bits per heavy atom. The van der Waals surface area contributed by atoms with E-state index in [9.17, 15) is 9.59 Å². The predicted octanol–water partition coefficient (Wildman–Crippen LogP) is 6.28. The summed E-state index contributed by atoms with van der Waals surface area (Å²) in [5.74, 6) is 0.370. The zero-order valence-electron chi connectivity index (χ0n) is 20.9. The molecule has 0 spiro atoms. The van der Waals surface area contributed by atoms with Crippen LogP contribution in [0.5, 0.6) is 11.5 Å². The number of fused-ring (bicyclic) bond motifs is 1. The first-order valence-corrected chi connectivity index (χ1v) is 12.0. The number of rotatable bonds is 9. The number of anilines is 2. The van der Waals surface area contributed by atoms with Crippen molar-refractivity contribution < 1.29 is 23.5 Å². The third-order valence-electron chi connectivity index (χ3n) is 5.93. The Morgan fingerprint density at radius 2 is 1.50 bits per heavy atom. The number of aryl methyl sites for hydroxylation is 2. The normalized spacial score (nSPS) is 10.8. The molecule has 7 nitrogen and oxygen atoms in total. The van der Waals surface area contributed by atoms with E-state index in [0.29, 0.717) is 41.7 Å². The number of benzene rings is 3. The first-order valence-electron chi connectivity index (χ1n) is 12.0. The average Bonchev–Trinajstić information content (AvgIpc) is 3.27. The summed E-state index contributed by atoms with van der Waals surface area (Å²) in [4.78, 5) is 25.8. The van der Waals surface area contributed by atoms with Crippen LogP contribution in [0.15, 0.2) is 65.3 Å². The maximum Gasteiger partial charge on any atom is 0.255 e. The molecule has 4 rings (SSSR count). The van der Waals surface area contributed by atoms with Crippen LogP contribution in [0.4, 0.5) is 11.4 Å². The number of amides is 2. The second-order valence-corrected chi connectivity index (χ2v) is 8.40. The minimum atomic E-state index is -0.270. The van der Waals surface area contributed by atoms with Crippen molar-refractivity contribution in [2.45, 2.75) is 34.1 Å². The summed E-state index contributed by atoms with van der Waals surface area (Å²) >= 11 is 0. The Morgan fingerprint density at radius 3 is 2.14 bits per heavy atom. The number of nitrogens with one attached hydrogen (secondary N) is 2. The molecule has 0 atom stereocenters. The van der Waals surface area contributed by atoms with Crippen molar-refractivity contribution in [3.63, 3.8) is 0 Å². The van der Waals surface area contributed by atoms with E-state index in [-0.39, 0.29) is 18.2 Å². The smallest absolute Gasteiger partial charge is 0.255 e. The molecule has 4 aromatic rings. The Hall–Kier alpha value is -4.26. The number of hydrogen-bond acceptors (Lipinski definition) is 5. The van der Waals surface area contributed by atoms with E-state index in [1.54, 1.807) is 42.7 Å².